The van der Waals surface area contributed by atoms with Crippen molar-refractivity contribution < 1.29 is 13.2 Å². The summed E-state index contributed by atoms with van der Waals surface area (Å²) in [5, 5.41) is 14.5. The molecule has 0 bridgehead atoms. The van der Waals surface area contributed by atoms with E-state index in [0.29, 0.717) is 16.9 Å². The third kappa shape index (κ3) is 4.57. The van der Waals surface area contributed by atoms with Crippen LogP contribution in [0, 0.1) is 18.3 Å². The summed E-state index contributed by atoms with van der Waals surface area (Å²) < 4.78 is 23.2. The Kier molecular flexibility index (Phi) is 5.21. The second kappa shape index (κ2) is 7.15. The third-order valence-corrected chi connectivity index (χ3v) is 4.46. The summed E-state index contributed by atoms with van der Waals surface area (Å²) in [5.74, 6) is -0.297. The van der Waals surface area contributed by atoms with E-state index >= 15 is 0 Å². The molecule has 0 atom stereocenters. The second-order valence-electron chi connectivity index (χ2n) is 5.34. The van der Waals surface area contributed by atoms with E-state index in [0.717, 1.165) is 11.8 Å². The Labute approximate surface area is 141 Å². The van der Waals surface area contributed by atoms with Gasteiger partial charge in [-0.2, -0.15) is 5.26 Å². The van der Waals surface area contributed by atoms with Gasteiger partial charge in [0.25, 0.3) is 0 Å². The highest BCUT2D eigenvalue weighted by Crippen LogP contribution is 2.20. The molecule has 0 saturated heterocycles. The van der Waals surface area contributed by atoms with Gasteiger partial charge in [0.2, 0.25) is 5.91 Å². The maximum absolute atomic E-state index is 12.0. The predicted molar refractivity (Wildman–Crippen MR) is 92.6 cm³/mol. The van der Waals surface area contributed by atoms with E-state index < -0.39 is 9.84 Å². The number of nitrogens with one attached hydrogen (secondary N) is 2. The van der Waals surface area contributed by atoms with Crippen molar-refractivity contribution in [3.8, 4) is 6.07 Å². The highest BCUT2D eigenvalue weighted by molar-refractivity contribution is 7.90. The summed E-state index contributed by atoms with van der Waals surface area (Å²) in [4.78, 5) is 12.2. The van der Waals surface area contributed by atoms with Gasteiger partial charge in [-0.25, -0.2) is 8.42 Å². The Morgan fingerprint density at radius 2 is 1.96 bits per heavy atom. The summed E-state index contributed by atoms with van der Waals surface area (Å²) in [5.41, 5.74) is 2.40. The smallest absolute Gasteiger partial charge is 0.243 e. The number of carbonyl (C=O) groups is 1. The summed E-state index contributed by atoms with van der Waals surface area (Å²) in [6.45, 7) is 1.80. The molecule has 1 amide bonds. The maximum atomic E-state index is 12.0. The monoisotopic (exact) mass is 343 g/mol. The molecule has 0 heterocycles. The maximum Gasteiger partial charge on any atom is 0.243 e. The molecule has 0 spiro atoms. The molecule has 0 aliphatic carbocycles. The highest BCUT2D eigenvalue weighted by atomic mass is 32.2. The van der Waals surface area contributed by atoms with Crippen LogP contribution in [0.5, 0.6) is 0 Å². The van der Waals surface area contributed by atoms with Gasteiger partial charge in [0.1, 0.15) is 0 Å². The lowest BCUT2D eigenvalue weighted by Crippen LogP contribution is -2.22. The van der Waals surface area contributed by atoms with Gasteiger partial charge in [0.15, 0.2) is 9.84 Å². The molecular formula is C17H17N3O3S. The Morgan fingerprint density at radius 3 is 2.62 bits per heavy atom. The number of rotatable bonds is 5. The Hall–Kier alpha value is -2.85. The van der Waals surface area contributed by atoms with Gasteiger partial charge >= 0.3 is 0 Å². The minimum absolute atomic E-state index is 0.0230. The van der Waals surface area contributed by atoms with Gasteiger partial charge in [-0.1, -0.05) is 12.1 Å². The van der Waals surface area contributed by atoms with Crippen molar-refractivity contribution in [2.24, 2.45) is 0 Å². The van der Waals surface area contributed by atoms with E-state index in [1.807, 2.05) is 13.0 Å². The van der Waals surface area contributed by atoms with Gasteiger partial charge in [-0.3, -0.25) is 4.79 Å². The van der Waals surface area contributed by atoms with Crippen LogP contribution in [0.2, 0.25) is 0 Å². The van der Waals surface area contributed by atoms with Crippen molar-refractivity contribution in [2.45, 2.75) is 11.8 Å². The lowest BCUT2D eigenvalue weighted by Gasteiger charge is -2.11. The number of nitrogens with zero attached hydrogens (tertiary/aromatic N) is 1. The molecule has 6 nitrogen and oxygen atoms in total. The van der Waals surface area contributed by atoms with E-state index in [9.17, 15) is 13.2 Å². The van der Waals surface area contributed by atoms with E-state index in [4.69, 9.17) is 5.26 Å². The average Bonchev–Trinajstić information content (AvgIpc) is 2.53. The summed E-state index contributed by atoms with van der Waals surface area (Å²) in [6.07, 6.45) is 1.14. The SMILES string of the molecule is Cc1ccc(S(C)(=O)=O)cc1NCC(=O)Nc1cccc(C#N)c1. The fraction of sp³-hybridized carbons (Fsp3) is 0.176. The molecule has 0 aromatic heterocycles. The highest BCUT2D eigenvalue weighted by Gasteiger charge is 2.10. The fourth-order valence-corrected chi connectivity index (χ4v) is 2.72. The van der Waals surface area contributed by atoms with Crippen molar-refractivity contribution in [1.29, 1.82) is 5.26 Å². The number of anilines is 2. The van der Waals surface area contributed by atoms with E-state index in [1.165, 1.54) is 12.1 Å². The molecule has 2 rings (SSSR count). The van der Waals surface area contributed by atoms with Crippen LogP contribution in [0.1, 0.15) is 11.1 Å². The van der Waals surface area contributed by atoms with Gasteiger partial charge < -0.3 is 10.6 Å². The van der Waals surface area contributed by atoms with Crippen LogP contribution < -0.4 is 10.6 Å². The van der Waals surface area contributed by atoms with Crippen LogP contribution in [0.4, 0.5) is 11.4 Å². The lowest BCUT2D eigenvalue weighted by molar-refractivity contribution is -0.114. The van der Waals surface area contributed by atoms with Crippen LogP contribution in [0.25, 0.3) is 0 Å². The number of benzene rings is 2. The quantitative estimate of drug-likeness (QED) is 0.868. The number of nitriles is 1. The standard InChI is InChI=1S/C17H17N3O3S/c1-12-6-7-15(24(2,22)23)9-16(12)19-11-17(21)20-14-5-3-4-13(8-14)10-18/h3-9,19H,11H2,1-2H3,(H,20,21). The number of hydrogen-bond donors (Lipinski definition) is 2. The largest absolute Gasteiger partial charge is 0.376 e. The molecule has 2 aromatic rings. The molecule has 0 aliphatic rings. The zero-order valence-corrected chi connectivity index (χ0v) is 14.1. The summed E-state index contributed by atoms with van der Waals surface area (Å²) in [6, 6.07) is 13.3. The summed E-state index contributed by atoms with van der Waals surface area (Å²) >= 11 is 0. The van der Waals surface area contributed by atoms with Gasteiger partial charge in [-0.15, -0.1) is 0 Å². The molecule has 0 saturated carbocycles. The normalized spacial score (nSPS) is 10.7. The number of sulfone groups is 1. The lowest BCUT2D eigenvalue weighted by atomic mass is 10.2. The van der Waals surface area contributed by atoms with Crippen LogP contribution in [-0.2, 0) is 14.6 Å². The molecule has 24 heavy (non-hydrogen) atoms. The average molecular weight is 343 g/mol. The Balaban J connectivity index is 2.05. The van der Waals surface area contributed by atoms with Crippen LogP contribution >= 0.6 is 0 Å². The van der Waals surface area contributed by atoms with Crippen molar-refractivity contribution in [3.05, 3.63) is 53.6 Å². The molecular weight excluding hydrogens is 326 g/mol. The van der Waals surface area contributed by atoms with Gasteiger partial charge in [0, 0.05) is 17.6 Å². The molecule has 0 unspecified atom stereocenters. The van der Waals surface area contributed by atoms with Crippen molar-refractivity contribution in [3.63, 3.8) is 0 Å². The molecule has 2 N–H and O–H groups in total. The number of carbonyl (C=O) groups excluding carboxylic acids is 1. The zero-order chi connectivity index (χ0) is 17.7. The number of aryl methyl sites for hydroxylation is 1. The van der Waals surface area contributed by atoms with E-state index in [1.54, 1.807) is 30.3 Å². The van der Waals surface area contributed by atoms with Crippen molar-refractivity contribution >= 4 is 27.1 Å². The van der Waals surface area contributed by atoms with Crippen molar-refractivity contribution in [2.75, 3.05) is 23.4 Å². The fourth-order valence-electron chi connectivity index (χ4n) is 2.07. The number of amides is 1. The summed E-state index contributed by atoms with van der Waals surface area (Å²) in [7, 11) is -3.31. The van der Waals surface area contributed by atoms with Gasteiger partial charge in [0.05, 0.1) is 23.1 Å². The van der Waals surface area contributed by atoms with Crippen molar-refractivity contribution in [1.82, 2.24) is 0 Å². The minimum atomic E-state index is -3.31. The molecule has 2 aromatic carbocycles. The molecule has 0 fully saturated rings. The first-order chi connectivity index (χ1) is 11.3. The first-order valence-corrected chi connectivity index (χ1v) is 9.03. The molecule has 0 radical (unpaired) electrons. The minimum Gasteiger partial charge on any atom is -0.376 e. The Morgan fingerprint density at radius 1 is 1.21 bits per heavy atom. The topological polar surface area (TPSA) is 99.1 Å². The van der Waals surface area contributed by atoms with E-state index in [-0.39, 0.29) is 17.3 Å². The Bertz CT molecular complexity index is 915. The third-order valence-electron chi connectivity index (χ3n) is 3.35. The first-order valence-electron chi connectivity index (χ1n) is 7.14. The van der Waals surface area contributed by atoms with E-state index in [2.05, 4.69) is 10.6 Å². The molecule has 7 heteroatoms. The molecule has 0 aliphatic heterocycles. The van der Waals surface area contributed by atoms with Crippen LogP contribution in [0.3, 0.4) is 0 Å². The molecule has 124 valence electrons. The first kappa shape index (κ1) is 17.5. The van der Waals surface area contributed by atoms with Crippen LogP contribution in [0.15, 0.2) is 47.4 Å². The predicted octanol–water partition coefficient (Wildman–Crippen LogP) is 2.32. The number of hydrogen-bond acceptors (Lipinski definition) is 5. The zero-order valence-electron chi connectivity index (χ0n) is 13.3. The van der Waals surface area contributed by atoms with Crippen LogP contribution in [-0.4, -0.2) is 27.1 Å². The second-order valence-corrected chi connectivity index (χ2v) is 7.36. The van der Waals surface area contributed by atoms with Gasteiger partial charge in [-0.05, 0) is 42.8 Å².